The summed E-state index contributed by atoms with van der Waals surface area (Å²) in [5, 5.41) is 10.00. The molecule has 2 aliphatic rings. The van der Waals surface area contributed by atoms with Crippen LogP contribution in [0.2, 0.25) is 0 Å². The van der Waals surface area contributed by atoms with E-state index in [2.05, 4.69) is 0 Å². The minimum atomic E-state index is -0.683. The van der Waals surface area contributed by atoms with Gasteiger partial charge in [0, 0.05) is 29.3 Å². The van der Waals surface area contributed by atoms with Crippen LogP contribution in [0.5, 0.6) is 5.75 Å². The summed E-state index contributed by atoms with van der Waals surface area (Å²) in [7, 11) is 1.34. The number of benzene rings is 2. The van der Waals surface area contributed by atoms with E-state index in [0.717, 1.165) is 11.3 Å². The maximum atomic E-state index is 13.3. The molecule has 2 aromatic carbocycles. The Balaban J connectivity index is 1.83. The fourth-order valence-corrected chi connectivity index (χ4v) is 4.53. The van der Waals surface area contributed by atoms with Gasteiger partial charge in [-0.05, 0) is 42.5 Å². The molecule has 0 spiro atoms. The highest BCUT2D eigenvalue weighted by Gasteiger charge is 2.44. The normalized spacial score (nSPS) is 24.0. The molecular weight excluding hydrogens is 366 g/mol. The quantitative estimate of drug-likeness (QED) is 0.801. The predicted molar refractivity (Wildman–Crippen MR) is 110 cm³/mol. The van der Waals surface area contributed by atoms with E-state index >= 15 is 0 Å². The second-order valence-corrected chi connectivity index (χ2v) is 7.63. The molecular formula is C24H23NO4. The molecule has 1 N–H and O–H groups in total. The van der Waals surface area contributed by atoms with Crippen LogP contribution in [0.25, 0.3) is 0 Å². The van der Waals surface area contributed by atoms with E-state index in [4.69, 9.17) is 9.73 Å². The van der Waals surface area contributed by atoms with Crippen LogP contribution < -0.4 is 0 Å². The summed E-state index contributed by atoms with van der Waals surface area (Å²) in [6.07, 6.45) is 1.02. The number of esters is 1. The number of carbonyl (C=O) groups excluding carboxylic acids is 2. The maximum Gasteiger partial charge on any atom is 0.315 e. The highest BCUT2D eigenvalue weighted by Crippen LogP contribution is 2.47. The zero-order valence-electron chi connectivity index (χ0n) is 16.5. The number of ether oxygens (including phenoxy) is 1. The monoisotopic (exact) mass is 389 g/mol. The fourth-order valence-electron chi connectivity index (χ4n) is 4.53. The molecule has 1 aliphatic heterocycles. The van der Waals surface area contributed by atoms with E-state index in [0.29, 0.717) is 29.7 Å². The SMILES string of the molecule is COC(=O)C1C(C)=NC2=C(C(=O)CC(c3ccccc3)C2)C1c1cccc(O)c1. The Bertz CT molecular complexity index is 1020. The van der Waals surface area contributed by atoms with Gasteiger partial charge in [-0.3, -0.25) is 14.6 Å². The van der Waals surface area contributed by atoms with E-state index in [1.165, 1.54) is 7.11 Å². The molecule has 0 radical (unpaired) electrons. The molecule has 2 aromatic rings. The van der Waals surface area contributed by atoms with Crippen LogP contribution in [-0.2, 0) is 14.3 Å². The predicted octanol–water partition coefficient (Wildman–Crippen LogP) is 4.14. The largest absolute Gasteiger partial charge is 0.508 e. The molecule has 1 aliphatic carbocycles. The number of phenolic OH excluding ortho intramolecular Hbond substituents is 1. The van der Waals surface area contributed by atoms with Crippen molar-refractivity contribution in [2.45, 2.75) is 31.6 Å². The molecule has 5 nitrogen and oxygen atoms in total. The first kappa shape index (κ1) is 19.1. The third kappa shape index (κ3) is 3.48. The van der Waals surface area contributed by atoms with Crippen LogP contribution >= 0.6 is 0 Å². The number of allylic oxidation sites excluding steroid dienone is 2. The number of methoxy groups -OCH3 is 1. The summed E-state index contributed by atoms with van der Waals surface area (Å²) in [6.45, 7) is 1.80. The summed E-state index contributed by atoms with van der Waals surface area (Å²) in [5.74, 6) is -1.45. The first-order valence-electron chi connectivity index (χ1n) is 9.72. The molecule has 3 atom stereocenters. The number of carbonyl (C=O) groups is 2. The minimum absolute atomic E-state index is 0.00130. The Hall–Kier alpha value is -3.21. The van der Waals surface area contributed by atoms with Crippen molar-refractivity contribution in [3.8, 4) is 5.75 Å². The molecule has 0 fully saturated rings. The van der Waals surface area contributed by atoms with E-state index in [1.54, 1.807) is 25.1 Å². The smallest absolute Gasteiger partial charge is 0.315 e. The third-order valence-electron chi connectivity index (χ3n) is 5.84. The van der Waals surface area contributed by atoms with Gasteiger partial charge in [-0.2, -0.15) is 0 Å². The lowest BCUT2D eigenvalue weighted by Gasteiger charge is -2.36. The summed E-state index contributed by atoms with van der Waals surface area (Å²) in [6, 6.07) is 16.7. The lowest BCUT2D eigenvalue weighted by Crippen LogP contribution is -2.37. The number of rotatable bonds is 3. The molecule has 1 heterocycles. The summed E-state index contributed by atoms with van der Waals surface area (Å²) in [5.41, 5.74) is 3.77. The Morgan fingerprint density at radius 2 is 1.79 bits per heavy atom. The Kier molecular flexibility index (Phi) is 5.05. The van der Waals surface area contributed by atoms with Gasteiger partial charge >= 0.3 is 5.97 Å². The highest BCUT2D eigenvalue weighted by atomic mass is 16.5. The molecule has 4 rings (SSSR count). The highest BCUT2D eigenvalue weighted by molar-refractivity contribution is 6.09. The van der Waals surface area contributed by atoms with Crippen molar-refractivity contribution in [1.29, 1.82) is 0 Å². The lowest BCUT2D eigenvalue weighted by molar-refractivity contribution is -0.143. The summed E-state index contributed by atoms with van der Waals surface area (Å²) < 4.78 is 5.03. The van der Waals surface area contributed by atoms with Gasteiger partial charge in [-0.15, -0.1) is 0 Å². The van der Waals surface area contributed by atoms with Crippen LogP contribution in [0.4, 0.5) is 0 Å². The molecule has 29 heavy (non-hydrogen) atoms. The maximum absolute atomic E-state index is 13.3. The Morgan fingerprint density at radius 3 is 2.48 bits per heavy atom. The number of Topliss-reactive ketones (excluding diaryl/α,β-unsaturated/α-hetero) is 1. The van der Waals surface area contributed by atoms with Crippen LogP contribution in [0.3, 0.4) is 0 Å². The van der Waals surface area contributed by atoms with E-state index in [-0.39, 0.29) is 17.5 Å². The standard InChI is InChI=1S/C24H23NO4/c1-14-21(24(28)29-2)22(16-9-6-10-18(26)11-16)23-19(25-14)12-17(13-20(23)27)15-7-4-3-5-8-15/h3-11,17,21-22,26H,12-13H2,1-2H3. The number of ketones is 1. The number of hydrogen-bond donors (Lipinski definition) is 1. The molecule has 0 saturated carbocycles. The van der Waals surface area contributed by atoms with Gasteiger partial charge in [0.2, 0.25) is 0 Å². The molecule has 0 bridgehead atoms. The first-order chi connectivity index (χ1) is 14.0. The Morgan fingerprint density at radius 1 is 1.07 bits per heavy atom. The molecule has 148 valence electrons. The number of phenols is 1. The number of aromatic hydroxyl groups is 1. The average Bonchev–Trinajstić information content (AvgIpc) is 2.72. The summed E-state index contributed by atoms with van der Waals surface area (Å²) in [4.78, 5) is 30.6. The van der Waals surface area contributed by atoms with Gasteiger partial charge in [-0.1, -0.05) is 42.5 Å². The van der Waals surface area contributed by atoms with Crippen LogP contribution in [0, 0.1) is 5.92 Å². The topological polar surface area (TPSA) is 76.0 Å². The van der Waals surface area contributed by atoms with Crippen molar-refractivity contribution < 1.29 is 19.4 Å². The van der Waals surface area contributed by atoms with Crippen LogP contribution in [0.15, 0.2) is 70.9 Å². The van der Waals surface area contributed by atoms with Crippen molar-refractivity contribution >= 4 is 17.5 Å². The third-order valence-corrected chi connectivity index (χ3v) is 5.84. The van der Waals surface area contributed by atoms with Gasteiger partial charge in [0.25, 0.3) is 0 Å². The zero-order chi connectivity index (χ0) is 20.5. The lowest BCUT2D eigenvalue weighted by atomic mass is 9.69. The van der Waals surface area contributed by atoms with Crippen molar-refractivity contribution in [3.63, 3.8) is 0 Å². The first-order valence-corrected chi connectivity index (χ1v) is 9.72. The molecule has 0 amide bonds. The summed E-state index contributed by atoms with van der Waals surface area (Å²) >= 11 is 0. The average molecular weight is 389 g/mol. The Labute approximate surface area is 169 Å². The van der Waals surface area contributed by atoms with Crippen LogP contribution in [-0.4, -0.2) is 29.7 Å². The van der Waals surface area contributed by atoms with Crippen LogP contribution in [0.1, 0.15) is 42.7 Å². The number of hydrogen-bond acceptors (Lipinski definition) is 5. The molecule has 5 heteroatoms. The minimum Gasteiger partial charge on any atom is -0.508 e. The second-order valence-electron chi connectivity index (χ2n) is 7.63. The van der Waals surface area contributed by atoms with Crippen molar-refractivity contribution in [3.05, 3.63) is 77.0 Å². The second kappa shape index (κ2) is 7.66. The molecule has 3 unspecified atom stereocenters. The molecule has 0 saturated heterocycles. The van der Waals surface area contributed by atoms with Gasteiger partial charge in [-0.25, -0.2) is 0 Å². The number of nitrogens with zero attached hydrogens (tertiary/aromatic N) is 1. The van der Waals surface area contributed by atoms with Crippen molar-refractivity contribution in [2.24, 2.45) is 10.9 Å². The zero-order valence-corrected chi connectivity index (χ0v) is 16.5. The van der Waals surface area contributed by atoms with E-state index < -0.39 is 17.8 Å². The fraction of sp³-hybridized carbons (Fsp3) is 0.292. The van der Waals surface area contributed by atoms with Gasteiger partial charge in [0.15, 0.2) is 5.78 Å². The van der Waals surface area contributed by atoms with Crippen molar-refractivity contribution in [1.82, 2.24) is 0 Å². The number of aliphatic imine (C=N–C) groups is 1. The van der Waals surface area contributed by atoms with E-state index in [9.17, 15) is 14.7 Å². The van der Waals surface area contributed by atoms with Gasteiger partial charge in [0.05, 0.1) is 7.11 Å². The van der Waals surface area contributed by atoms with E-state index in [1.807, 2.05) is 36.4 Å². The van der Waals surface area contributed by atoms with Crippen molar-refractivity contribution in [2.75, 3.05) is 7.11 Å². The van der Waals surface area contributed by atoms with Gasteiger partial charge < -0.3 is 9.84 Å². The van der Waals surface area contributed by atoms with Gasteiger partial charge in [0.1, 0.15) is 11.7 Å². The molecule has 0 aromatic heterocycles.